The number of nitrogens with zero attached hydrogens (tertiary/aromatic N) is 3. The average molecular weight is 566 g/mol. The Morgan fingerprint density at radius 2 is 1.66 bits per heavy atom. The quantitative estimate of drug-likeness (QED) is 0.237. The van der Waals surface area contributed by atoms with Crippen molar-refractivity contribution < 1.29 is 4.79 Å². The van der Waals surface area contributed by atoms with Crippen LogP contribution >= 0.6 is 12.2 Å². The molecule has 7 heteroatoms. The molecule has 0 unspecified atom stereocenters. The van der Waals surface area contributed by atoms with Gasteiger partial charge in [-0.3, -0.25) is 9.78 Å². The zero-order chi connectivity index (χ0) is 29.6. The Morgan fingerprint density at radius 1 is 0.951 bits per heavy atom. The minimum absolute atomic E-state index is 0.00133. The number of carbonyl (C=O) groups is 1. The molecule has 1 aliphatic rings. The Balaban J connectivity index is 1.65. The maximum absolute atomic E-state index is 12.4. The molecule has 0 aliphatic carbocycles. The summed E-state index contributed by atoms with van der Waals surface area (Å²) in [4.78, 5) is 19.3. The molecule has 2 N–H and O–H groups in total. The van der Waals surface area contributed by atoms with Crippen molar-refractivity contribution in [1.82, 2.24) is 14.9 Å². The van der Waals surface area contributed by atoms with E-state index >= 15 is 0 Å². The largest absolute Gasteiger partial charge is 0.351 e. The minimum Gasteiger partial charge on any atom is -0.351 e. The predicted molar refractivity (Wildman–Crippen MR) is 172 cm³/mol. The monoisotopic (exact) mass is 565 g/mol. The minimum atomic E-state index is -0.140. The first-order valence-electron chi connectivity index (χ1n) is 14.2. The summed E-state index contributed by atoms with van der Waals surface area (Å²) in [6.45, 7) is 16.7. The van der Waals surface area contributed by atoms with Crippen LogP contribution in [-0.4, -0.2) is 20.6 Å². The van der Waals surface area contributed by atoms with E-state index in [9.17, 15) is 4.79 Å². The van der Waals surface area contributed by atoms with Crippen LogP contribution in [0.3, 0.4) is 0 Å². The number of aryl methyl sites for hydroxylation is 5. The number of hydrogen-bond acceptors (Lipinski definition) is 3. The molecule has 2 aromatic carbocycles. The molecule has 1 aliphatic heterocycles. The molecule has 1 fully saturated rings. The molecule has 2 aromatic heterocycles. The fourth-order valence-electron chi connectivity index (χ4n) is 6.12. The van der Waals surface area contributed by atoms with Crippen LogP contribution in [-0.2, 0) is 4.79 Å². The Morgan fingerprint density at radius 3 is 2.27 bits per heavy atom. The zero-order valence-electron chi connectivity index (χ0n) is 25.2. The number of benzene rings is 2. The van der Waals surface area contributed by atoms with Gasteiger partial charge in [-0.05, 0) is 112 Å². The summed E-state index contributed by atoms with van der Waals surface area (Å²) in [5, 5.41) is 7.29. The summed E-state index contributed by atoms with van der Waals surface area (Å²) in [5.41, 5.74) is 12.3. The highest BCUT2D eigenvalue weighted by atomic mass is 32.1. The summed E-state index contributed by atoms with van der Waals surface area (Å²) < 4.78 is 2.38. The van der Waals surface area contributed by atoms with E-state index in [0.29, 0.717) is 5.11 Å². The van der Waals surface area contributed by atoms with Crippen LogP contribution in [0.25, 0.3) is 5.69 Å². The van der Waals surface area contributed by atoms with Crippen LogP contribution in [0.2, 0.25) is 0 Å². The van der Waals surface area contributed by atoms with E-state index in [-0.39, 0.29) is 23.9 Å². The lowest BCUT2D eigenvalue weighted by Crippen LogP contribution is -2.29. The van der Waals surface area contributed by atoms with Crippen LogP contribution < -0.4 is 15.5 Å². The van der Waals surface area contributed by atoms with Gasteiger partial charge >= 0.3 is 0 Å². The molecule has 2 atom stereocenters. The molecule has 4 aromatic rings. The molecule has 1 saturated heterocycles. The lowest BCUT2D eigenvalue weighted by molar-refractivity contribution is -0.118. The van der Waals surface area contributed by atoms with Crippen molar-refractivity contribution in [2.75, 3.05) is 10.2 Å². The van der Waals surface area contributed by atoms with Crippen LogP contribution in [0.15, 0.2) is 60.8 Å². The van der Waals surface area contributed by atoms with Gasteiger partial charge < -0.3 is 20.1 Å². The summed E-state index contributed by atoms with van der Waals surface area (Å²) in [6.07, 6.45) is 1.83. The van der Waals surface area contributed by atoms with Crippen molar-refractivity contribution in [3.05, 3.63) is 106 Å². The topological polar surface area (TPSA) is 62.2 Å². The molecule has 1 amide bonds. The van der Waals surface area contributed by atoms with Gasteiger partial charge in [0, 0.05) is 34.9 Å². The molecule has 41 heavy (non-hydrogen) atoms. The summed E-state index contributed by atoms with van der Waals surface area (Å²) in [6, 6.07) is 18.7. The van der Waals surface area contributed by atoms with Gasteiger partial charge in [0.05, 0.1) is 23.5 Å². The van der Waals surface area contributed by atoms with E-state index < -0.39 is 0 Å². The number of carbonyl (C=O) groups excluding carboxylic acids is 1. The average Bonchev–Trinajstić information content (AvgIpc) is 3.40. The second-order valence-corrected chi connectivity index (χ2v) is 11.9. The number of thiocarbonyl (C=S) groups is 1. The summed E-state index contributed by atoms with van der Waals surface area (Å²) >= 11 is 6.00. The fourth-order valence-corrected chi connectivity index (χ4v) is 6.47. The van der Waals surface area contributed by atoms with Crippen molar-refractivity contribution in [1.29, 1.82) is 0 Å². The molecule has 212 valence electrons. The van der Waals surface area contributed by atoms with Crippen LogP contribution in [0.1, 0.15) is 70.8 Å². The number of amides is 1. The standard InChI is InChI=1S/C34H39N5OS/c1-19(2)33(40)36-28-13-12-26(17-21(28)4)39-32(30(37-34(39)41)29-11-9-10-14-35-29)27-18-24(7)38(25(27)8)31-22(5)15-20(3)16-23(31)6/h9-19,30,32H,1-8H3,(H,36,40)(H,37,41)/t30-,32+/m1/s1. The smallest absolute Gasteiger partial charge is 0.226 e. The molecule has 0 radical (unpaired) electrons. The van der Waals surface area contributed by atoms with Crippen molar-refractivity contribution in [3.8, 4) is 5.69 Å². The maximum Gasteiger partial charge on any atom is 0.226 e. The lowest BCUT2D eigenvalue weighted by Gasteiger charge is -2.29. The van der Waals surface area contributed by atoms with Gasteiger partial charge in [0.2, 0.25) is 5.91 Å². The molecule has 0 saturated carbocycles. The Kier molecular flexibility index (Phi) is 7.75. The number of hydrogen-bond donors (Lipinski definition) is 2. The van der Waals surface area contributed by atoms with Crippen LogP contribution in [0, 0.1) is 47.5 Å². The first kappa shape index (κ1) is 28.6. The molecular formula is C34H39N5OS. The third-order valence-electron chi connectivity index (χ3n) is 8.02. The van der Waals surface area contributed by atoms with Gasteiger partial charge in [-0.25, -0.2) is 0 Å². The van der Waals surface area contributed by atoms with Gasteiger partial charge in [-0.2, -0.15) is 0 Å². The van der Waals surface area contributed by atoms with Gasteiger partial charge in [0.1, 0.15) is 0 Å². The Hall–Kier alpha value is -3.97. The highest BCUT2D eigenvalue weighted by Crippen LogP contribution is 2.44. The van der Waals surface area contributed by atoms with Crippen molar-refractivity contribution >= 4 is 34.6 Å². The normalized spacial score (nSPS) is 16.8. The number of aromatic nitrogens is 2. The van der Waals surface area contributed by atoms with Gasteiger partial charge in [0.15, 0.2) is 5.11 Å². The second kappa shape index (κ2) is 11.1. The Bertz CT molecular complexity index is 1620. The van der Waals surface area contributed by atoms with E-state index in [1.54, 1.807) is 0 Å². The number of pyridine rings is 1. The maximum atomic E-state index is 12.4. The SMILES string of the molecule is Cc1cc(C)c(-n2c(C)cc([C@H]3[C@@H](c4ccccn4)NC(=S)N3c3ccc(NC(=O)C(C)C)c(C)c3)c2C)c(C)c1. The van der Waals surface area contributed by atoms with Crippen molar-refractivity contribution in [3.63, 3.8) is 0 Å². The summed E-state index contributed by atoms with van der Waals surface area (Å²) in [7, 11) is 0. The second-order valence-electron chi connectivity index (χ2n) is 11.5. The van der Waals surface area contributed by atoms with E-state index in [2.05, 4.69) is 85.1 Å². The van der Waals surface area contributed by atoms with Crippen LogP contribution in [0.5, 0.6) is 0 Å². The van der Waals surface area contributed by atoms with Gasteiger partial charge in [-0.15, -0.1) is 0 Å². The first-order chi connectivity index (χ1) is 19.5. The summed E-state index contributed by atoms with van der Waals surface area (Å²) in [5.74, 6) is -0.0922. The molecule has 0 bridgehead atoms. The van der Waals surface area contributed by atoms with Gasteiger partial charge in [0.25, 0.3) is 0 Å². The first-order valence-corrected chi connectivity index (χ1v) is 14.6. The van der Waals surface area contributed by atoms with Crippen LogP contribution in [0.4, 0.5) is 11.4 Å². The number of rotatable bonds is 6. The third kappa shape index (κ3) is 5.26. The highest BCUT2D eigenvalue weighted by molar-refractivity contribution is 7.80. The Labute approximate surface area is 248 Å². The van der Waals surface area contributed by atoms with Crippen molar-refractivity contribution in [2.45, 2.75) is 67.5 Å². The lowest BCUT2D eigenvalue weighted by atomic mass is 9.96. The fraction of sp³-hybridized carbons (Fsp3) is 0.324. The predicted octanol–water partition coefficient (Wildman–Crippen LogP) is 7.49. The highest BCUT2D eigenvalue weighted by Gasteiger charge is 2.42. The molecular weight excluding hydrogens is 526 g/mol. The zero-order valence-corrected chi connectivity index (χ0v) is 26.0. The molecule has 5 rings (SSSR count). The van der Waals surface area contributed by atoms with Crippen molar-refractivity contribution in [2.24, 2.45) is 5.92 Å². The number of anilines is 2. The van der Waals surface area contributed by atoms with E-state index in [1.165, 1.54) is 39.3 Å². The number of nitrogens with one attached hydrogen (secondary N) is 2. The molecule has 6 nitrogen and oxygen atoms in total. The third-order valence-corrected chi connectivity index (χ3v) is 8.33. The molecule has 0 spiro atoms. The van der Waals surface area contributed by atoms with E-state index in [0.717, 1.165) is 22.6 Å². The van der Waals surface area contributed by atoms with E-state index in [1.807, 2.05) is 51.2 Å². The van der Waals surface area contributed by atoms with Gasteiger partial charge in [-0.1, -0.05) is 37.6 Å². The molecule has 3 heterocycles. The van der Waals surface area contributed by atoms with E-state index in [4.69, 9.17) is 17.2 Å².